The van der Waals surface area contributed by atoms with Crippen molar-refractivity contribution in [2.24, 2.45) is 5.92 Å². The van der Waals surface area contributed by atoms with Crippen molar-refractivity contribution in [3.05, 3.63) is 35.1 Å². The van der Waals surface area contributed by atoms with Crippen LogP contribution in [0.2, 0.25) is 0 Å². The van der Waals surface area contributed by atoms with E-state index in [2.05, 4.69) is 5.32 Å². The zero-order chi connectivity index (χ0) is 17.8. The van der Waals surface area contributed by atoms with Gasteiger partial charge in [-0.3, -0.25) is 4.79 Å². The molecule has 0 unspecified atom stereocenters. The molecule has 25 heavy (non-hydrogen) atoms. The van der Waals surface area contributed by atoms with Crippen LogP contribution in [-0.4, -0.2) is 47.9 Å². The Balaban J connectivity index is 1.48. The molecular formula is C19H26FN3O2. The van der Waals surface area contributed by atoms with Gasteiger partial charge in [0.1, 0.15) is 5.82 Å². The third-order valence-corrected chi connectivity index (χ3v) is 5.22. The number of urea groups is 1. The van der Waals surface area contributed by atoms with Crippen LogP contribution >= 0.6 is 0 Å². The first-order chi connectivity index (χ1) is 12.0. The second-order valence-corrected chi connectivity index (χ2v) is 7.04. The molecule has 3 rings (SSSR count). The van der Waals surface area contributed by atoms with Crippen molar-refractivity contribution in [1.82, 2.24) is 15.1 Å². The molecule has 6 heteroatoms. The highest BCUT2D eigenvalue weighted by atomic mass is 19.1. The van der Waals surface area contributed by atoms with Crippen molar-refractivity contribution < 1.29 is 14.0 Å². The first-order valence-electron chi connectivity index (χ1n) is 9.11. The molecule has 1 saturated heterocycles. The molecule has 1 aromatic rings. The Bertz CT molecular complexity index is 646. The predicted octanol–water partition coefficient (Wildman–Crippen LogP) is 2.68. The normalized spacial score (nSPS) is 18.5. The molecule has 1 aliphatic carbocycles. The molecule has 1 N–H and O–H groups in total. The van der Waals surface area contributed by atoms with Gasteiger partial charge in [-0.25, -0.2) is 9.18 Å². The lowest BCUT2D eigenvalue weighted by molar-refractivity contribution is -0.138. The van der Waals surface area contributed by atoms with Crippen molar-refractivity contribution in [3.63, 3.8) is 0 Å². The maximum atomic E-state index is 13.3. The summed E-state index contributed by atoms with van der Waals surface area (Å²) >= 11 is 0. The number of rotatable bonds is 3. The molecule has 1 heterocycles. The highest BCUT2D eigenvalue weighted by Crippen LogP contribution is 2.28. The molecule has 3 amide bonds. The molecule has 0 bridgehead atoms. The summed E-state index contributed by atoms with van der Waals surface area (Å²) < 4.78 is 13.3. The van der Waals surface area contributed by atoms with E-state index in [9.17, 15) is 14.0 Å². The van der Waals surface area contributed by atoms with Gasteiger partial charge < -0.3 is 15.1 Å². The first-order valence-corrected chi connectivity index (χ1v) is 9.11. The van der Waals surface area contributed by atoms with Crippen LogP contribution in [0.15, 0.2) is 18.2 Å². The number of amides is 3. The molecular weight excluding hydrogens is 321 g/mol. The SMILES string of the molecule is Cc1cc(CNC(=O)N2CCCN(C(=O)C3CCC3)CC2)ccc1F. The molecule has 0 aromatic heterocycles. The molecule has 1 aliphatic heterocycles. The van der Waals surface area contributed by atoms with Crippen molar-refractivity contribution in [3.8, 4) is 0 Å². The van der Waals surface area contributed by atoms with Gasteiger partial charge >= 0.3 is 6.03 Å². The maximum Gasteiger partial charge on any atom is 0.317 e. The van der Waals surface area contributed by atoms with E-state index in [0.29, 0.717) is 31.7 Å². The summed E-state index contributed by atoms with van der Waals surface area (Å²) in [5.74, 6) is 0.233. The van der Waals surface area contributed by atoms with Gasteiger partial charge in [0.2, 0.25) is 5.91 Å². The van der Waals surface area contributed by atoms with Crippen LogP contribution in [0.3, 0.4) is 0 Å². The summed E-state index contributed by atoms with van der Waals surface area (Å²) in [4.78, 5) is 28.4. The zero-order valence-corrected chi connectivity index (χ0v) is 14.8. The van der Waals surface area contributed by atoms with Crippen molar-refractivity contribution in [2.75, 3.05) is 26.2 Å². The van der Waals surface area contributed by atoms with E-state index < -0.39 is 0 Å². The maximum absolute atomic E-state index is 13.3. The Morgan fingerprint density at radius 3 is 2.52 bits per heavy atom. The van der Waals surface area contributed by atoms with E-state index in [-0.39, 0.29) is 23.7 Å². The highest BCUT2D eigenvalue weighted by Gasteiger charge is 2.30. The van der Waals surface area contributed by atoms with Gasteiger partial charge in [-0.05, 0) is 43.4 Å². The van der Waals surface area contributed by atoms with Gasteiger partial charge in [0.15, 0.2) is 0 Å². The molecule has 0 radical (unpaired) electrons. The van der Waals surface area contributed by atoms with Crippen LogP contribution in [0, 0.1) is 18.7 Å². The zero-order valence-electron chi connectivity index (χ0n) is 14.8. The number of carbonyl (C=O) groups is 2. The minimum Gasteiger partial charge on any atom is -0.341 e. The summed E-state index contributed by atoms with van der Waals surface area (Å²) in [6.07, 6.45) is 3.98. The lowest BCUT2D eigenvalue weighted by Crippen LogP contribution is -2.43. The Kier molecular flexibility index (Phi) is 5.56. The Morgan fingerprint density at radius 1 is 1.12 bits per heavy atom. The van der Waals surface area contributed by atoms with Crippen molar-refractivity contribution >= 4 is 11.9 Å². The summed E-state index contributed by atoms with van der Waals surface area (Å²) in [7, 11) is 0. The topological polar surface area (TPSA) is 52.7 Å². The second-order valence-electron chi connectivity index (χ2n) is 7.04. The summed E-state index contributed by atoms with van der Waals surface area (Å²) in [6.45, 7) is 4.65. The minimum absolute atomic E-state index is 0.125. The highest BCUT2D eigenvalue weighted by molar-refractivity contribution is 5.80. The average Bonchev–Trinajstić information content (AvgIpc) is 2.80. The number of hydrogen-bond acceptors (Lipinski definition) is 2. The predicted molar refractivity (Wildman–Crippen MR) is 93.5 cm³/mol. The summed E-state index contributed by atoms with van der Waals surface area (Å²) in [6, 6.07) is 4.73. The van der Waals surface area contributed by atoms with Gasteiger partial charge in [0.05, 0.1) is 0 Å². The lowest BCUT2D eigenvalue weighted by atomic mass is 9.84. The molecule has 5 nitrogen and oxygen atoms in total. The number of nitrogens with one attached hydrogen (secondary N) is 1. The van der Waals surface area contributed by atoms with Gasteiger partial charge in [-0.2, -0.15) is 0 Å². The fourth-order valence-electron chi connectivity index (χ4n) is 3.36. The Morgan fingerprint density at radius 2 is 1.84 bits per heavy atom. The smallest absolute Gasteiger partial charge is 0.317 e. The molecule has 0 atom stereocenters. The Hall–Kier alpha value is -2.11. The number of hydrogen-bond donors (Lipinski definition) is 1. The second kappa shape index (κ2) is 7.85. The largest absolute Gasteiger partial charge is 0.341 e. The number of benzene rings is 1. The van der Waals surface area contributed by atoms with E-state index in [0.717, 1.165) is 37.8 Å². The standard InChI is InChI=1S/C19H26FN3O2/c1-14-12-15(6-7-17(14)20)13-21-19(25)23-9-3-8-22(10-11-23)18(24)16-4-2-5-16/h6-7,12,16H,2-5,8-11,13H2,1H3,(H,21,25). The van der Waals surface area contributed by atoms with E-state index in [4.69, 9.17) is 0 Å². The van der Waals surface area contributed by atoms with E-state index in [1.807, 2.05) is 4.90 Å². The van der Waals surface area contributed by atoms with Crippen LogP contribution in [0.4, 0.5) is 9.18 Å². The summed E-state index contributed by atoms with van der Waals surface area (Å²) in [5, 5.41) is 2.89. The van der Waals surface area contributed by atoms with Gasteiger partial charge in [-0.15, -0.1) is 0 Å². The van der Waals surface area contributed by atoms with Crippen molar-refractivity contribution in [1.29, 1.82) is 0 Å². The number of carbonyl (C=O) groups excluding carboxylic acids is 2. The van der Waals surface area contributed by atoms with E-state index in [1.165, 1.54) is 6.07 Å². The minimum atomic E-state index is -0.237. The van der Waals surface area contributed by atoms with Gasteiger partial charge in [-0.1, -0.05) is 18.6 Å². The number of nitrogens with zero attached hydrogens (tertiary/aromatic N) is 2. The third kappa shape index (κ3) is 4.30. The van der Waals surface area contributed by atoms with Crippen LogP contribution in [0.25, 0.3) is 0 Å². The Labute approximate surface area is 148 Å². The molecule has 0 spiro atoms. The number of aryl methyl sites for hydroxylation is 1. The lowest BCUT2D eigenvalue weighted by Gasteiger charge is -2.31. The quantitative estimate of drug-likeness (QED) is 0.914. The molecule has 2 fully saturated rings. The molecule has 136 valence electrons. The van der Waals surface area contributed by atoms with Crippen LogP contribution in [0.1, 0.15) is 36.8 Å². The summed E-state index contributed by atoms with van der Waals surface area (Å²) in [5.41, 5.74) is 1.45. The molecule has 1 aromatic carbocycles. The van der Waals surface area contributed by atoms with Crippen LogP contribution in [0.5, 0.6) is 0 Å². The first kappa shape index (κ1) is 17.7. The third-order valence-electron chi connectivity index (χ3n) is 5.22. The van der Waals surface area contributed by atoms with Gasteiger partial charge in [0, 0.05) is 38.6 Å². The fraction of sp³-hybridized carbons (Fsp3) is 0.579. The van der Waals surface area contributed by atoms with Gasteiger partial charge in [0.25, 0.3) is 0 Å². The average molecular weight is 347 g/mol. The van der Waals surface area contributed by atoms with Crippen molar-refractivity contribution in [2.45, 2.75) is 39.2 Å². The molecule has 1 saturated carbocycles. The monoisotopic (exact) mass is 347 g/mol. The van der Waals surface area contributed by atoms with E-state index in [1.54, 1.807) is 24.0 Å². The fourth-order valence-corrected chi connectivity index (χ4v) is 3.36. The van der Waals surface area contributed by atoms with Crippen LogP contribution < -0.4 is 5.32 Å². The van der Waals surface area contributed by atoms with E-state index >= 15 is 0 Å². The van der Waals surface area contributed by atoms with Crippen LogP contribution in [-0.2, 0) is 11.3 Å². The molecule has 2 aliphatic rings. The number of halogens is 1.